The summed E-state index contributed by atoms with van der Waals surface area (Å²) < 4.78 is 10.3. The number of anilines is 1. The SMILES string of the molecule is CCOC(=O)c1ccc(NC(=O)CC(=O)NCC2CCCO2)cc1. The molecule has 24 heavy (non-hydrogen) atoms. The number of carbonyl (C=O) groups excluding carboxylic acids is 3. The quantitative estimate of drug-likeness (QED) is 0.582. The Morgan fingerprint density at radius 2 is 1.96 bits per heavy atom. The average Bonchev–Trinajstić information content (AvgIpc) is 3.07. The van der Waals surface area contributed by atoms with Crippen molar-refractivity contribution in [2.75, 3.05) is 25.1 Å². The lowest BCUT2D eigenvalue weighted by Crippen LogP contribution is -2.34. The van der Waals surface area contributed by atoms with Gasteiger partial charge in [0, 0.05) is 18.8 Å². The zero-order chi connectivity index (χ0) is 17.4. The molecule has 1 aliphatic rings. The van der Waals surface area contributed by atoms with Crippen molar-refractivity contribution >= 4 is 23.5 Å². The number of ether oxygens (including phenoxy) is 2. The fourth-order valence-corrected chi connectivity index (χ4v) is 2.35. The highest BCUT2D eigenvalue weighted by molar-refractivity contribution is 6.03. The smallest absolute Gasteiger partial charge is 0.338 e. The third-order valence-electron chi connectivity index (χ3n) is 3.55. The maximum Gasteiger partial charge on any atom is 0.338 e. The largest absolute Gasteiger partial charge is 0.462 e. The summed E-state index contributed by atoms with van der Waals surface area (Å²) in [6.45, 7) is 3.19. The molecule has 130 valence electrons. The molecular formula is C17H22N2O5. The van der Waals surface area contributed by atoms with E-state index in [1.165, 1.54) is 0 Å². The van der Waals surface area contributed by atoms with Gasteiger partial charge in [-0.25, -0.2) is 4.79 Å². The van der Waals surface area contributed by atoms with Gasteiger partial charge in [0.2, 0.25) is 11.8 Å². The Labute approximate surface area is 140 Å². The van der Waals surface area contributed by atoms with Gasteiger partial charge in [0.05, 0.1) is 18.3 Å². The highest BCUT2D eigenvalue weighted by atomic mass is 16.5. The minimum Gasteiger partial charge on any atom is -0.462 e. The first-order chi connectivity index (χ1) is 11.6. The summed E-state index contributed by atoms with van der Waals surface area (Å²) in [5.41, 5.74) is 0.920. The first-order valence-electron chi connectivity index (χ1n) is 8.04. The monoisotopic (exact) mass is 334 g/mol. The first kappa shape index (κ1) is 17.9. The molecule has 0 aromatic heterocycles. The van der Waals surface area contributed by atoms with Crippen LogP contribution in [0.1, 0.15) is 36.5 Å². The molecule has 1 fully saturated rings. The minimum absolute atomic E-state index is 0.0485. The van der Waals surface area contributed by atoms with Crippen LogP contribution >= 0.6 is 0 Å². The van der Waals surface area contributed by atoms with Crippen LogP contribution in [0.4, 0.5) is 5.69 Å². The van der Waals surface area contributed by atoms with Gasteiger partial charge in [-0.3, -0.25) is 9.59 Å². The van der Waals surface area contributed by atoms with Crippen molar-refractivity contribution in [2.45, 2.75) is 32.3 Å². The summed E-state index contributed by atoms with van der Waals surface area (Å²) in [5.74, 6) is -1.17. The Balaban J connectivity index is 1.74. The van der Waals surface area contributed by atoms with Crippen molar-refractivity contribution in [3.63, 3.8) is 0 Å². The number of rotatable bonds is 7. The second kappa shape index (κ2) is 9.02. The van der Waals surface area contributed by atoms with Crippen LogP contribution in [-0.2, 0) is 19.1 Å². The molecule has 7 heteroatoms. The molecular weight excluding hydrogens is 312 g/mol. The van der Waals surface area contributed by atoms with Crippen molar-refractivity contribution in [3.8, 4) is 0 Å². The van der Waals surface area contributed by atoms with Crippen molar-refractivity contribution in [2.24, 2.45) is 0 Å². The lowest BCUT2D eigenvalue weighted by Gasteiger charge is -2.11. The standard InChI is InChI=1S/C17H22N2O5/c1-2-23-17(22)12-5-7-13(8-6-12)19-16(21)10-15(20)18-11-14-4-3-9-24-14/h5-8,14H,2-4,9-11H2,1H3,(H,18,20)(H,19,21). The Kier molecular flexibility index (Phi) is 6.74. The van der Waals surface area contributed by atoms with E-state index in [1.807, 2.05) is 0 Å². The summed E-state index contributed by atoms with van der Waals surface area (Å²) in [6.07, 6.45) is 1.72. The van der Waals surface area contributed by atoms with E-state index < -0.39 is 11.9 Å². The van der Waals surface area contributed by atoms with Gasteiger partial charge in [-0.1, -0.05) is 0 Å². The predicted molar refractivity (Wildman–Crippen MR) is 87.6 cm³/mol. The van der Waals surface area contributed by atoms with Crippen molar-refractivity contribution < 1.29 is 23.9 Å². The van der Waals surface area contributed by atoms with Gasteiger partial charge < -0.3 is 20.1 Å². The van der Waals surface area contributed by atoms with Crippen LogP contribution in [-0.4, -0.2) is 43.6 Å². The first-order valence-corrected chi connectivity index (χ1v) is 8.04. The maximum atomic E-state index is 11.8. The summed E-state index contributed by atoms with van der Waals surface area (Å²) in [6, 6.07) is 6.30. The molecule has 2 N–H and O–H groups in total. The zero-order valence-corrected chi connectivity index (χ0v) is 13.7. The van der Waals surface area contributed by atoms with Gasteiger partial charge >= 0.3 is 5.97 Å². The molecule has 0 spiro atoms. The van der Waals surface area contributed by atoms with Crippen LogP contribution in [0.5, 0.6) is 0 Å². The Bertz CT molecular complexity index is 579. The minimum atomic E-state index is -0.413. The normalized spacial score (nSPS) is 16.5. The number of amides is 2. The molecule has 7 nitrogen and oxygen atoms in total. The third kappa shape index (κ3) is 5.66. The van der Waals surface area contributed by atoms with Crippen LogP contribution < -0.4 is 10.6 Å². The van der Waals surface area contributed by atoms with Crippen LogP contribution in [0.3, 0.4) is 0 Å². The van der Waals surface area contributed by atoms with Crippen molar-refractivity contribution in [3.05, 3.63) is 29.8 Å². The van der Waals surface area contributed by atoms with Crippen LogP contribution in [0.15, 0.2) is 24.3 Å². The van der Waals surface area contributed by atoms with Crippen LogP contribution in [0.25, 0.3) is 0 Å². The second-order valence-corrected chi connectivity index (χ2v) is 5.46. The summed E-state index contributed by atoms with van der Waals surface area (Å²) in [7, 11) is 0. The Morgan fingerprint density at radius 3 is 2.58 bits per heavy atom. The van der Waals surface area contributed by atoms with E-state index in [-0.39, 0.29) is 18.4 Å². The highest BCUT2D eigenvalue weighted by Crippen LogP contribution is 2.12. The lowest BCUT2D eigenvalue weighted by molar-refractivity contribution is -0.127. The molecule has 2 rings (SSSR count). The zero-order valence-electron chi connectivity index (χ0n) is 13.7. The number of esters is 1. The van der Waals surface area contributed by atoms with Gasteiger partial charge in [-0.15, -0.1) is 0 Å². The Morgan fingerprint density at radius 1 is 1.21 bits per heavy atom. The second-order valence-electron chi connectivity index (χ2n) is 5.46. The highest BCUT2D eigenvalue weighted by Gasteiger charge is 2.17. The molecule has 2 amide bonds. The summed E-state index contributed by atoms with van der Waals surface area (Å²) >= 11 is 0. The molecule has 0 aliphatic carbocycles. The van der Waals surface area contributed by atoms with Crippen LogP contribution in [0, 0.1) is 0 Å². The Hall–Kier alpha value is -2.41. The van der Waals surface area contributed by atoms with Gasteiger partial charge in [-0.05, 0) is 44.0 Å². The van der Waals surface area contributed by atoms with Gasteiger partial charge in [0.25, 0.3) is 0 Å². The summed E-state index contributed by atoms with van der Waals surface area (Å²) in [4.78, 5) is 35.1. The molecule has 0 saturated carbocycles. The molecule has 1 atom stereocenters. The van der Waals surface area contributed by atoms with E-state index in [0.717, 1.165) is 19.4 Å². The fraction of sp³-hybridized carbons (Fsp3) is 0.471. The molecule has 0 bridgehead atoms. The molecule has 1 unspecified atom stereocenters. The molecule has 1 aromatic carbocycles. The molecule has 1 aliphatic heterocycles. The van der Waals surface area contributed by atoms with E-state index >= 15 is 0 Å². The van der Waals surface area contributed by atoms with E-state index in [0.29, 0.717) is 24.4 Å². The number of nitrogens with one attached hydrogen (secondary N) is 2. The molecule has 0 radical (unpaired) electrons. The van der Waals surface area contributed by atoms with E-state index in [4.69, 9.17) is 9.47 Å². The van der Waals surface area contributed by atoms with Crippen molar-refractivity contribution in [1.82, 2.24) is 5.32 Å². The third-order valence-corrected chi connectivity index (χ3v) is 3.55. The maximum absolute atomic E-state index is 11.8. The van der Waals surface area contributed by atoms with Gasteiger partial charge in [0.1, 0.15) is 6.42 Å². The lowest BCUT2D eigenvalue weighted by atomic mass is 10.2. The topological polar surface area (TPSA) is 93.7 Å². The molecule has 1 saturated heterocycles. The summed E-state index contributed by atoms with van der Waals surface area (Å²) in [5, 5.41) is 5.31. The number of hydrogen-bond donors (Lipinski definition) is 2. The molecule has 1 aromatic rings. The van der Waals surface area contributed by atoms with Gasteiger partial charge in [0.15, 0.2) is 0 Å². The number of carbonyl (C=O) groups is 3. The van der Waals surface area contributed by atoms with E-state index in [9.17, 15) is 14.4 Å². The van der Waals surface area contributed by atoms with Gasteiger partial charge in [-0.2, -0.15) is 0 Å². The predicted octanol–water partition coefficient (Wildman–Crippen LogP) is 1.49. The fourth-order valence-electron chi connectivity index (χ4n) is 2.35. The number of hydrogen-bond acceptors (Lipinski definition) is 5. The molecule has 1 heterocycles. The van der Waals surface area contributed by atoms with Crippen molar-refractivity contribution in [1.29, 1.82) is 0 Å². The van der Waals surface area contributed by atoms with E-state index in [2.05, 4.69) is 10.6 Å². The van der Waals surface area contributed by atoms with E-state index in [1.54, 1.807) is 31.2 Å². The number of benzene rings is 1. The van der Waals surface area contributed by atoms with Crippen LogP contribution in [0.2, 0.25) is 0 Å². The average molecular weight is 334 g/mol.